The summed E-state index contributed by atoms with van der Waals surface area (Å²) >= 11 is 0. The van der Waals surface area contributed by atoms with Crippen molar-refractivity contribution >= 4 is 11.6 Å². The van der Waals surface area contributed by atoms with Crippen LogP contribution in [0.5, 0.6) is 0 Å². The molecular weight excluding hydrogens is 304 g/mol. The first-order valence-electron chi connectivity index (χ1n) is 7.96. The molecule has 124 valence electrons. The monoisotopic (exact) mass is 324 g/mol. The van der Waals surface area contributed by atoms with E-state index in [-0.39, 0.29) is 17.5 Å². The number of aromatic nitrogens is 2. The van der Waals surface area contributed by atoms with Gasteiger partial charge in [-0.15, -0.1) is 0 Å². The summed E-state index contributed by atoms with van der Waals surface area (Å²) in [5.41, 5.74) is 2.14. The van der Waals surface area contributed by atoms with E-state index in [1.807, 2.05) is 36.1 Å². The number of likely N-dealkylation sites (tertiary alicyclic amines) is 1. The normalized spacial score (nSPS) is 14.1. The Bertz CT molecular complexity index is 794. The smallest absolute Gasteiger partial charge is 0.271 e. The average Bonchev–Trinajstić information content (AvgIpc) is 2.58. The minimum atomic E-state index is -0.134. The molecule has 3 heterocycles. The molecule has 0 saturated carbocycles. The van der Waals surface area contributed by atoms with Crippen LogP contribution < -0.4 is 10.5 Å². The van der Waals surface area contributed by atoms with Crippen LogP contribution in [-0.4, -0.2) is 46.5 Å². The van der Waals surface area contributed by atoms with Gasteiger partial charge in [-0.25, -0.2) is 0 Å². The fourth-order valence-corrected chi connectivity index (χ4v) is 2.95. The van der Waals surface area contributed by atoms with Gasteiger partial charge < -0.3 is 14.8 Å². The van der Waals surface area contributed by atoms with Crippen molar-refractivity contribution in [3.05, 3.63) is 59.7 Å². The first kappa shape index (κ1) is 16.0. The van der Waals surface area contributed by atoms with Crippen molar-refractivity contribution in [1.82, 2.24) is 14.9 Å². The SMILES string of the molecule is C=CC(=O)N1CC(N(CC)c2cc(-c3ccccn3)c[nH]c2=O)C1. The third-order valence-electron chi connectivity index (χ3n) is 4.28. The number of rotatable bonds is 5. The molecule has 0 unspecified atom stereocenters. The van der Waals surface area contributed by atoms with Crippen LogP contribution in [0.4, 0.5) is 5.69 Å². The quantitative estimate of drug-likeness (QED) is 0.849. The fraction of sp³-hybridized carbons (Fsp3) is 0.278. The molecule has 6 heteroatoms. The topological polar surface area (TPSA) is 69.3 Å². The van der Waals surface area contributed by atoms with Crippen LogP contribution in [-0.2, 0) is 4.79 Å². The molecule has 0 atom stereocenters. The highest BCUT2D eigenvalue weighted by Gasteiger charge is 2.34. The Kier molecular flexibility index (Phi) is 4.46. The lowest BCUT2D eigenvalue weighted by atomic mass is 10.1. The molecule has 3 rings (SSSR count). The molecular formula is C18H20N4O2. The summed E-state index contributed by atoms with van der Waals surface area (Å²) in [7, 11) is 0. The Morgan fingerprint density at radius 3 is 2.92 bits per heavy atom. The van der Waals surface area contributed by atoms with Crippen LogP contribution in [0.2, 0.25) is 0 Å². The summed E-state index contributed by atoms with van der Waals surface area (Å²) in [5.74, 6) is -0.0709. The zero-order valence-corrected chi connectivity index (χ0v) is 13.6. The summed E-state index contributed by atoms with van der Waals surface area (Å²) in [6.45, 7) is 7.41. The second-order valence-corrected chi connectivity index (χ2v) is 5.70. The number of hydrogen-bond donors (Lipinski definition) is 1. The number of pyridine rings is 2. The zero-order valence-electron chi connectivity index (χ0n) is 13.6. The van der Waals surface area contributed by atoms with Crippen molar-refractivity contribution in [2.24, 2.45) is 0 Å². The van der Waals surface area contributed by atoms with E-state index >= 15 is 0 Å². The van der Waals surface area contributed by atoms with E-state index in [1.54, 1.807) is 17.3 Å². The molecule has 1 fully saturated rings. The largest absolute Gasteiger partial charge is 0.361 e. The van der Waals surface area contributed by atoms with Gasteiger partial charge in [-0.2, -0.15) is 0 Å². The minimum Gasteiger partial charge on any atom is -0.361 e. The molecule has 2 aromatic heterocycles. The van der Waals surface area contributed by atoms with Gasteiger partial charge in [0.25, 0.3) is 5.56 Å². The van der Waals surface area contributed by atoms with Crippen molar-refractivity contribution in [3.63, 3.8) is 0 Å². The Balaban J connectivity index is 1.86. The molecule has 1 N–H and O–H groups in total. The number of anilines is 1. The predicted molar refractivity (Wildman–Crippen MR) is 93.9 cm³/mol. The lowest BCUT2D eigenvalue weighted by Crippen LogP contribution is -2.61. The lowest BCUT2D eigenvalue weighted by molar-refractivity contribution is -0.130. The standard InChI is InChI=1S/C18H20N4O2/c1-3-17(23)21-11-14(12-21)22(4-2)16-9-13(10-20-18(16)24)15-7-5-6-8-19-15/h3,5-10,14H,1,4,11-12H2,2H3,(H,20,24). The van der Waals surface area contributed by atoms with Gasteiger partial charge in [0, 0.05) is 37.6 Å². The Hall–Kier alpha value is -2.89. The molecule has 24 heavy (non-hydrogen) atoms. The van der Waals surface area contributed by atoms with Crippen molar-refractivity contribution < 1.29 is 4.79 Å². The van der Waals surface area contributed by atoms with Gasteiger partial charge in [0.1, 0.15) is 5.69 Å². The van der Waals surface area contributed by atoms with E-state index in [0.29, 0.717) is 25.3 Å². The molecule has 1 amide bonds. The molecule has 1 aliphatic rings. The number of hydrogen-bond acceptors (Lipinski definition) is 4. The molecule has 0 spiro atoms. The molecule has 1 saturated heterocycles. The number of likely N-dealkylation sites (N-methyl/N-ethyl adjacent to an activating group) is 1. The van der Waals surface area contributed by atoms with E-state index < -0.39 is 0 Å². The van der Waals surface area contributed by atoms with Gasteiger partial charge in [-0.1, -0.05) is 12.6 Å². The minimum absolute atomic E-state index is 0.0709. The van der Waals surface area contributed by atoms with Crippen LogP contribution in [0.3, 0.4) is 0 Å². The lowest BCUT2D eigenvalue weighted by Gasteiger charge is -2.45. The van der Waals surface area contributed by atoms with E-state index in [9.17, 15) is 9.59 Å². The molecule has 0 radical (unpaired) electrons. The molecule has 0 bridgehead atoms. The summed E-state index contributed by atoms with van der Waals surface area (Å²) in [4.78, 5) is 34.8. The van der Waals surface area contributed by atoms with E-state index in [1.165, 1.54) is 6.08 Å². The third kappa shape index (κ3) is 2.95. The Morgan fingerprint density at radius 1 is 1.50 bits per heavy atom. The third-order valence-corrected chi connectivity index (χ3v) is 4.28. The molecule has 2 aromatic rings. The highest BCUT2D eigenvalue weighted by atomic mass is 16.2. The second-order valence-electron chi connectivity index (χ2n) is 5.70. The van der Waals surface area contributed by atoms with E-state index in [4.69, 9.17) is 0 Å². The number of amides is 1. The average molecular weight is 324 g/mol. The van der Waals surface area contributed by atoms with Crippen molar-refractivity contribution in [2.45, 2.75) is 13.0 Å². The van der Waals surface area contributed by atoms with Crippen molar-refractivity contribution in [1.29, 1.82) is 0 Å². The van der Waals surface area contributed by atoms with Crippen molar-refractivity contribution in [2.75, 3.05) is 24.5 Å². The van der Waals surface area contributed by atoms with Gasteiger partial charge >= 0.3 is 0 Å². The summed E-state index contributed by atoms with van der Waals surface area (Å²) in [5, 5.41) is 0. The number of carbonyl (C=O) groups is 1. The van der Waals surface area contributed by atoms with Crippen LogP contribution in [0.1, 0.15) is 6.92 Å². The second kappa shape index (κ2) is 6.70. The molecule has 6 nitrogen and oxygen atoms in total. The van der Waals surface area contributed by atoms with Gasteiger partial charge in [0.15, 0.2) is 0 Å². The fourth-order valence-electron chi connectivity index (χ4n) is 2.95. The number of aromatic amines is 1. The summed E-state index contributed by atoms with van der Waals surface area (Å²) in [6, 6.07) is 7.67. The van der Waals surface area contributed by atoms with Crippen molar-refractivity contribution in [3.8, 4) is 11.3 Å². The van der Waals surface area contributed by atoms with Crippen LogP contribution in [0.15, 0.2) is 54.1 Å². The maximum absolute atomic E-state index is 12.3. The van der Waals surface area contributed by atoms with Crippen LogP contribution in [0.25, 0.3) is 11.3 Å². The number of nitrogens with one attached hydrogen (secondary N) is 1. The summed E-state index contributed by atoms with van der Waals surface area (Å²) in [6.07, 6.45) is 4.72. The van der Waals surface area contributed by atoms with E-state index in [0.717, 1.165) is 11.3 Å². The van der Waals surface area contributed by atoms with Gasteiger partial charge in [0.2, 0.25) is 5.91 Å². The summed E-state index contributed by atoms with van der Waals surface area (Å²) < 4.78 is 0. The molecule has 1 aliphatic heterocycles. The van der Waals surface area contributed by atoms with Gasteiger partial charge in [-0.3, -0.25) is 14.6 Å². The predicted octanol–water partition coefficient (Wildman–Crippen LogP) is 1.66. The Morgan fingerprint density at radius 2 is 2.29 bits per heavy atom. The van der Waals surface area contributed by atoms with Gasteiger partial charge in [-0.05, 0) is 31.2 Å². The van der Waals surface area contributed by atoms with Crippen LogP contribution in [0, 0.1) is 0 Å². The number of H-pyrrole nitrogens is 1. The first-order chi connectivity index (χ1) is 11.6. The highest BCUT2D eigenvalue weighted by molar-refractivity contribution is 5.87. The highest BCUT2D eigenvalue weighted by Crippen LogP contribution is 2.24. The molecule has 0 aromatic carbocycles. The zero-order chi connectivity index (χ0) is 17.1. The maximum atomic E-state index is 12.3. The number of nitrogens with zero attached hydrogens (tertiary/aromatic N) is 3. The Labute approximate surface area is 140 Å². The molecule has 0 aliphatic carbocycles. The first-order valence-corrected chi connectivity index (χ1v) is 7.96. The maximum Gasteiger partial charge on any atom is 0.271 e. The van der Waals surface area contributed by atoms with Crippen LogP contribution >= 0.6 is 0 Å². The number of carbonyl (C=O) groups excluding carboxylic acids is 1. The van der Waals surface area contributed by atoms with Gasteiger partial charge in [0.05, 0.1) is 11.7 Å². The van der Waals surface area contributed by atoms with E-state index in [2.05, 4.69) is 16.5 Å².